The van der Waals surface area contributed by atoms with E-state index in [-0.39, 0.29) is 29.8 Å². The summed E-state index contributed by atoms with van der Waals surface area (Å²) in [5.41, 5.74) is 1.64. The molecule has 5 heteroatoms. The number of hydrogen-bond acceptors (Lipinski definition) is 3. The summed E-state index contributed by atoms with van der Waals surface area (Å²) >= 11 is 0. The van der Waals surface area contributed by atoms with Crippen LogP contribution >= 0.6 is 0 Å². The minimum Gasteiger partial charge on any atom is -0.493 e. The molecule has 3 amide bonds. The zero-order valence-electron chi connectivity index (χ0n) is 17.1. The maximum absolute atomic E-state index is 14.0. The number of fused-ring (bicyclic) bond motifs is 5. The molecule has 0 bridgehead atoms. The van der Waals surface area contributed by atoms with Gasteiger partial charge in [0.1, 0.15) is 11.3 Å². The Morgan fingerprint density at radius 3 is 2.26 bits per heavy atom. The van der Waals surface area contributed by atoms with Crippen LogP contribution < -0.4 is 9.64 Å². The number of benzene rings is 3. The second-order valence-corrected chi connectivity index (χ2v) is 8.62. The van der Waals surface area contributed by atoms with Gasteiger partial charge >= 0.3 is 6.03 Å². The van der Waals surface area contributed by atoms with Gasteiger partial charge in [-0.3, -0.25) is 4.79 Å². The van der Waals surface area contributed by atoms with Gasteiger partial charge in [-0.15, -0.1) is 0 Å². The Hall–Kier alpha value is -3.60. The van der Waals surface area contributed by atoms with Gasteiger partial charge in [0, 0.05) is 17.4 Å². The maximum atomic E-state index is 14.0. The standard InChI is InChI=1S/C26H22N2O3/c1-26-22(17-10-4-2-5-11-17)20-16-31-21-15-9-8-14-19(21)23(20)28(26)25(30)27(24(26)29)18-12-6-3-7-13-18/h2-15,20,22-23H,16H2,1H3/t20-,22-,23-,26+/m1/s1. The predicted octanol–water partition coefficient (Wildman–Crippen LogP) is 4.76. The molecular formula is C26H22N2O3. The fourth-order valence-corrected chi connectivity index (χ4v) is 5.84. The number of amides is 3. The van der Waals surface area contributed by atoms with E-state index in [2.05, 4.69) is 12.1 Å². The third-order valence-electron chi connectivity index (χ3n) is 7.09. The van der Waals surface area contributed by atoms with Gasteiger partial charge in [0.05, 0.1) is 18.3 Å². The molecule has 3 aromatic carbocycles. The van der Waals surface area contributed by atoms with Gasteiger partial charge in [-0.25, -0.2) is 9.69 Å². The number of imide groups is 1. The molecule has 0 unspecified atom stereocenters. The molecule has 0 N–H and O–H groups in total. The average Bonchev–Trinajstić information content (AvgIpc) is 3.20. The minimum atomic E-state index is -0.996. The molecule has 154 valence electrons. The number of para-hydroxylation sites is 2. The van der Waals surface area contributed by atoms with Crippen molar-refractivity contribution in [3.63, 3.8) is 0 Å². The highest BCUT2D eigenvalue weighted by Crippen LogP contribution is 2.61. The molecule has 3 aromatic rings. The number of carbonyl (C=O) groups excluding carboxylic acids is 2. The summed E-state index contributed by atoms with van der Waals surface area (Å²) in [6.45, 7) is 2.40. The third kappa shape index (κ3) is 2.31. The number of nitrogens with zero attached hydrogens (tertiary/aromatic N) is 2. The number of carbonyl (C=O) groups is 2. The largest absolute Gasteiger partial charge is 0.493 e. The molecule has 2 saturated heterocycles. The van der Waals surface area contributed by atoms with Crippen LogP contribution in [0, 0.1) is 5.92 Å². The quantitative estimate of drug-likeness (QED) is 0.573. The predicted molar refractivity (Wildman–Crippen MR) is 117 cm³/mol. The summed E-state index contributed by atoms with van der Waals surface area (Å²) in [6, 6.07) is 26.7. The van der Waals surface area contributed by atoms with Crippen molar-refractivity contribution < 1.29 is 14.3 Å². The third-order valence-corrected chi connectivity index (χ3v) is 7.09. The number of rotatable bonds is 2. The molecule has 0 radical (unpaired) electrons. The Bertz CT molecular complexity index is 1180. The van der Waals surface area contributed by atoms with Crippen molar-refractivity contribution in [1.82, 2.24) is 4.90 Å². The summed E-state index contributed by atoms with van der Waals surface area (Å²) in [7, 11) is 0. The molecule has 0 aromatic heterocycles. The van der Waals surface area contributed by atoms with Crippen molar-refractivity contribution in [1.29, 1.82) is 0 Å². The van der Waals surface area contributed by atoms with Crippen molar-refractivity contribution in [2.75, 3.05) is 11.5 Å². The molecule has 3 heterocycles. The lowest BCUT2D eigenvalue weighted by Crippen LogP contribution is -2.46. The van der Waals surface area contributed by atoms with Crippen LogP contribution in [0.4, 0.5) is 10.5 Å². The van der Waals surface area contributed by atoms with Gasteiger partial charge in [0.25, 0.3) is 5.91 Å². The molecule has 2 fully saturated rings. The Morgan fingerprint density at radius 1 is 0.871 bits per heavy atom. The molecule has 0 aliphatic carbocycles. The molecule has 0 saturated carbocycles. The molecule has 4 atom stereocenters. The van der Waals surface area contributed by atoms with Crippen LogP contribution in [0.1, 0.15) is 30.0 Å². The SMILES string of the molecule is C[C@]12C(=O)N(c3ccccc3)C(=O)N1[C@@H]1c3ccccc3OC[C@@H]1[C@H]2c1ccccc1. The first-order valence-corrected chi connectivity index (χ1v) is 10.6. The van der Waals surface area contributed by atoms with Crippen molar-refractivity contribution in [3.05, 3.63) is 96.1 Å². The van der Waals surface area contributed by atoms with E-state index in [1.165, 1.54) is 4.90 Å². The highest BCUT2D eigenvalue weighted by atomic mass is 16.5. The maximum Gasteiger partial charge on any atom is 0.332 e. The monoisotopic (exact) mass is 410 g/mol. The number of anilines is 1. The lowest BCUT2D eigenvalue weighted by atomic mass is 9.73. The van der Waals surface area contributed by atoms with Crippen LogP contribution in [0.15, 0.2) is 84.9 Å². The summed E-state index contributed by atoms with van der Waals surface area (Å²) in [5, 5.41) is 0. The van der Waals surface area contributed by atoms with E-state index in [0.717, 1.165) is 16.9 Å². The molecule has 6 rings (SSSR count). The lowest BCUT2D eigenvalue weighted by Gasteiger charge is -2.34. The summed E-state index contributed by atoms with van der Waals surface area (Å²) < 4.78 is 6.12. The normalized spacial score (nSPS) is 28.7. The molecule has 5 nitrogen and oxygen atoms in total. The van der Waals surface area contributed by atoms with Crippen LogP contribution in [0.5, 0.6) is 5.75 Å². The fraction of sp³-hybridized carbons (Fsp3) is 0.231. The van der Waals surface area contributed by atoms with Gasteiger partial charge in [0.2, 0.25) is 0 Å². The summed E-state index contributed by atoms with van der Waals surface area (Å²) in [5.74, 6) is 0.438. The Morgan fingerprint density at radius 2 is 1.52 bits per heavy atom. The van der Waals surface area contributed by atoms with E-state index < -0.39 is 5.54 Å². The minimum absolute atomic E-state index is 0.00637. The Balaban J connectivity index is 1.57. The van der Waals surface area contributed by atoms with Crippen LogP contribution in [0.25, 0.3) is 0 Å². The Labute approximate surface area is 180 Å². The molecule has 3 aliphatic rings. The van der Waals surface area contributed by atoms with Gasteiger partial charge in [-0.2, -0.15) is 0 Å². The molecule has 0 spiro atoms. The van der Waals surface area contributed by atoms with Crippen LogP contribution in [0.2, 0.25) is 0 Å². The molecular weight excluding hydrogens is 388 g/mol. The fourth-order valence-electron chi connectivity index (χ4n) is 5.84. The summed E-state index contributed by atoms with van der Waals surface area (Å²) in [4.78, 5) is 31.0. The van der Waals surface area contributed by atoms with E-state index in [0.29, 0.717) is 12.3 Å². The van der Waals surface area contributed by atoms with E-state index in [1.807, 2.05) is 84.6 Å². The van der Waals surface area contributed by atoms with Gasteiger partial charge in [0.15, 0.2) is 0 Å². The van der Waals surface area contributed by atoms with Crippen molar-refractivity contribution >= 4 is 17.6 Å². The van der Waals surface area contributed by atoms with Crippen molar-refractivity contribution in [2.24, 2.45) is 5.92 Å². The number of ether oxygens (including phenoxy) is 1. The van der Waals surface area contributed by atoms with Gasteiger partial charge < -0.3 is 9.64 Å². The van der Waals surface area contributed by atoms with Crippen LogP contribution in [-0.2, 0) is 4.79 Å². The molecule has 31 heavy (non-hydrogen) atoms. The van der Waals surface area contributed by atoms with E-state index >= 15 is 0 Å². The first kappa shape index (κ1) is 18.2. The average molecular weight is 410 g/mol. The smallest absolute Gasteiger partial charge is 0.332 e. The first-order valence-electron chi connectivity index (χ1n) is 10.6. The van der Waals surface area contributed by atoms with E-state index in [4.69, 9.17) is 4.74 Å². The van der Waals surface area contributed by atoms with Gasteiger partial charge in [-0.05, 0) is 30.7 Å². The molecule has 3 aliphatic heterocycles. The van der Waals surface area contributed by atoms with Crippen LogP contribution in [0.3, 0.4) is 0 Å². The van der Waals surface area contributed by atoms with E-state index in [1.54, 1.807) is 0 Å². The van der Waals surface area contributed by atoms with Gasteiger partial charge in [-0.1, -0.05) is 66.7 Å². The second kappa shape index (κ2) is 6.45. The zero-order chi connectivity index (χ0) is 21.2. The highest BCUT2D eigenvalue weighted by molar-refractivity contribution is 6.24. The Kier molecular flexibility index (Phi) is 3.78. The first-order chi connectivity index (χ1) is 15.1. The number of urea groups is 1. The summed E-state index contributed by atoms with van der Waals surface area (Å²) in [6.07, 6.45) is 0. The van der Waals surface area contributed by atoms with Crippen molar-refractivity contribution in [2.45, 2.75) is 24.4 Å². The highest BCUT2D eigenvalue weighted by Gasteiger charge is 2.70. The lowest BCUT2D eigenvalue weighted by molar-refractivity contribution is -0.124. The zero-order valence-corrected chi connectivity index (χ0v) is 17.1. The van der Waals surface area contributed by atoms with E-state index in [9.17, 15) is 9.59 Å². The second-order valence-electron chi connectivity index (χ2n) is 8.62. The number of hydrogen-bond donors (Lipinski definition) is 0. The van der Waals surface area contributed by atoms with Crippen molar-refractivity contribution in [3.8, 4) is 5.75 Å². The topological polar surface area (TPSA) is 49.9 Å². The van der Waals surface area contributed by atoms with Crippen LogP contribution in [-0.4, -0.2) is 29.0 Å².